The Hall–Kier alpha value is -2.30. The van der Waals surface area contributed by atoms with Crippen LogP contribution < -0.4 is 21.2 Å². The number of aliphatic hydroxyl groups is 1. The van der Waals surface area contributed by atoms with Gasteiger partial charge in [0.25, 0.3) is 0 Å². The summed E-state index contributed by atoms with van der Waals surface area (Å²) in [6.45, 7) is 0. The largest absolute Gasteiger partial charge is 0.393 e. The van der Waals surface area contributed by atoms with Crippen LogP contribution in [0.4, 0.5) is 0 Å². The molecule has 0 radical (unpaired) electrons. The maximum Gasteiger partial charge on any atom is 0.0547 e. The molecule has 32 heavy (non-hydrogen) atoms. The van der Waals surface area contributed by atoms with E-state index in [1.54, 1.807) is 0 Å². The average Bonchev–Trinajstić information content (AvgIpc) is 2.87. The molecule has 0 saturated heterocycles. The lowest BCUT2D eigenvalue weighted by atomic mass is 10.2. The smallest absolute Gasteiger partial charge is 0.0547 e. The van der Waals surface area contributed by atoms with Crippen molar-refractivity contribution in [1.29, 1.82) is 0 Å². The summed E-state index contributed by atoms with van der Waals surface area (Å²) in [4.78, 5) is 0. The number of rotatable bonds is 10. The second-order valence-electron chi connectivity index (χ2n) is 7.88. The van der Waals surface area contributed by atoms with E-state index in [2.05, 4.69) is 121 Å². The Bertz CT molecular complexity index is 874. The third kappa shape index (κ3) is 6.36. The predicted octanol–water partition coefficient (Wildman–Crippen LogP) is 5.39. The molecule has 0 amide bonds. The van der Waals surface area contributed by atoms with E-state index in [-0.39, 0.29) is 6.10 Å². The topological polar surface area (TPSA) is 20.2 Å². The van der Waals surface area contributed by atoms with Gasteiger partial charge in [-0.2, -0.15) is 0 Å². The first-order valence-corrected chi connectivity index (χ1v) is 14.3. The molecule has 4 rings (SSSR count). The van der Waals surface area contributed by atoms with Crippen molar-refractivity contribution in [3.63, 3.8) is 0 Å². The van der Waals surface area contributed by atoms with Gasteiger partial charge >= 0.3 is 0 Å². The van der Waals surface area contributed by atoms with Crippen LogP contribution in [-0.2, 0) is 0 Å². The number of hydrogen-bond acceptors (Lipinski definition) is 1. The van der Waals surface area contributed by atoms with E-state index in [1.807, 2.05) is 0 Å². The minimum Gasteiger partial charge on any atom is -0.393 e. The SMILES string of the molecule is OC(CCP(c1ccccc1)c1ccccc1)CCP(c1ccccc1)c1ccccc1. The van der Waals surface area contributed by atoms with Gasteiger partial charge in [0.1, 0.15) is 0 Å². The van der Waals surface area contributed by atoms with Crippen molar-refractivity contribution in [1.82, 2.24) is 0 Å². The summed E-state index contributed by atoms with van der Waals surface area (Å²) in [5.41, 5.74) is 0. The highest BCUT2D eigenvalue weighted by molar-refractivity contribution is 7.73. The molecule has 0 aromatic heterocycles. The van der Waals surface area contributed by atoms with Gasteiger partial charge < -0.3 is 5.11 Å². The fraction of sp³-hybridized carbons (Fsp3) is 0.172. The van der Waals surface area contributed by atoms with Crippen LogP contribution >= 0.6 is 15.8 Å². The van der Waals surface area contributed by atoms with Crippen LogP contribution in [0.25, 0.3) is 0 Å². The number of hydrogen-bond donors (Lipinski definition) is 1. The van der Waals surface area contributed by atoms with Gasteiger partial charge in [0, 0.05) is 0 Å². The quantitative estimate of drug-likeness (QED) is 0.317. The first-order valence-electron chi connectivity index (χ1n) is 11.2. The summed E-state index contributed by atoms with van der Waals surface area (Å²) >= 11 is 0. The molecule has 4 aromatic rings. The van der Waals surface area contributed by atoms with Gasteiger partial charge in [-0.1, -0.05) is 121 Å². The van der Waals surface area contributed by atoms with E-state index in [0.29, 0.717) is 0 Å². The Morgan fingerprint density at radius 2 is 0.688 bits per heavy atom. The second kappa shape index (κ2) is 12.1. The highest BCUT2D eigenvalue weighted by atomic mass is 31.1. The van der Waals surface area contributed by atoms with Crippen LogP contribution in [0.1, 0.15) is 12.8 Å². The van der Waals surface area contributed by atoms with Gasteiger partial charge in [-0.25, -0.2) is 0 Å². The molecule has 0 aliphatic carbocycles. The Balaban J connectivity index is 1.42. The molecule has 0 fully saturated rings. The fourth-order valence-electron chi connectivity index (χ4n) is 3.95. The third-order valence-electron chi connectivity index (χ3n) is 5.64. The van der Waals surface area contributed by atoms with E-state index in [9.17, 15) is 5.11 Å². The first-order chi connectivity index (χ1) is 15.8. The molecule has 0 bridgehead atoms. The van der Waals surface area contributed by atoms with Gasteiger partial charge in [0.05, 0.1) is 6.10 Å². The lowest BCUT2D eigenvalue weighted by molar-refractivity contribution is 0.168. The molecule has 0 atom stereocenters. The molecule has 0 aliphatic rings. The Morgan fingerprint density at radius 1 is 0.438 bits per heavy atom. The Morgan fingerprint density at radius 3 is 0.938 bits per heavy atom. The first kappa shape index (κ1) is 22.9. The minimum absolute atomic E-state index is 0.273. The molecular formula is C29H30OP2. The van der Waals surface area contributed by atoms with Crippen molar-refractivity contribution in [3.05, 3.63) is 121 Å². The fourth-order valence-corrected chi connectivity index (χ4v) is 8.82. The number of aliphatic hydroxyl groups excluding tert-OH is 1. The van der Waals surface area contributed by atoms with Crippen LogP contribution in [0.2, 0.25) is 0 Å². The highest BCUT2D eigenvalue weighted by Gasteiger charge is 2.18. The van der Waals surface area contributed by atoms with Crippen molar-refractivity contribution in [2.45, 2.75) is 18.9 Å². The molecule has 0 saturated carbocycles. The van der Waals surface area contributed by atoms with Gasteiger partial charge in [-0.05, 0) is 62.2 Å². The zero-order valence-corrected chi connectivity index (χ0v) is 20.1. The van der Waals surface area contributed by atoms with E-state index in [1.165, 1.54) is 21.2 Å². The molecule has 4 aromatic carbocycles. The maximum absolute atomic E-state index is 11.0. The molecule has 0 spiro atoms. The minimum atomic E-state index is -0.452. The van der Waals surface area contributed by atoms with Crippen molar-refractivity contribution in [2.24, 2.45) is 0 Å². The van der Waals surface area contributed by atoms with Crippen molar-refractivity contribution < 1.29 is 5.11 Å². The zero-order chi connectivity index (χ0) is 22.0. The Labute approximate surface area is 194 Å². The molecule has 3 heteroatoms. The van der Waals surface area contributed by atoms with Crippen LogP contribution in [0.5, 0.6) is 0 Å². The zero-order valence-electron chi connectivity index (χ0n) is 18.3. The van der Waals surface area contributed by atoms with E-state index in [4.69, 9.17) is 0 Å². The van der Waals surface area contributed by atoms with Crippen molar-refractivity contribution in [2.75, 3.05) is 12.3 Å². The Kier molecular flexibility index (Phi) is 8.63. The number of benzene rings is 4. The summed E-state index contributed by atoms with van der Waals surface area (Å²) in [6.07, 6.45) is 3.42. The molecule has 1 N–H and O–H groups in total. The standard InChI is InChI=1S/C29H30OP2/c30-25(21-23-31(26-13-5-1-6-14-26)27-15-7-2-8-16-27)22-24-32(28-17-9-3-10-18-28)29-19-11-4-12-20-29/h1-20,25,30H,21-24H2. The average molecular weight is 457 g/mol. The highest BCUT2D eigenvalue weighted by Crippen LogP contribution is 2.37. The van der Waals surface area contributed by atoms with Crippen molar-refractivity contribution in [3.8, 4) is 0 Å². The predicted molar refractivity (Wildman–Crippen MR) is 143 cm³/mol. The lowest BCUT2D eigenvalue weighted by Gasteiger charge is -2.23. The van der Waals surface area contributed by atoms with Crippen LogP contribution in [0.3, 0.4) is 0 Å². The van der Waals surface area contributed by atoms with Gasteiger partial charge in [-0.15, -0.1) is 0 Å². The van der Waals surface area contributed by atoms with Crippen LogP contribution in [0, 0.1) is 0 Å². The molecular weight excluding hydrogens is 426 g/mol. The maximum atomic E-state index is 11.0. The van der Waals surface area contributed by atoms with Gasteiger partial charge in [-0.3, -0.25) is 0 Å². The molecule has 0 heterocycles. The summed E-state index contributed by atoms with van der Waals surface area (Å²) in [5, 5.41) is 16.5. The summed E-state index contributed by atoms with van der Waals surface area (Å²) in [6, 6.07) is 43.1. The van der Waals surface area contributed by atoms with Gasteiger partial charge in [0.2, 0.25) is 0 Å². The molecule has 0 aliphatic heterocycles. The lowest BCUT2D eigenvalue weighted by Crippen LogP contribution is -2.20. The second-order valence-corrected chi connectivity index (χ2v) is 12.5. The summed E-state index contributed by atoms with van der Waals surface area (Å²) in [7, 11) is -0.904. The van der Waals surface area contributed by atoms with Crippen LogP contribution in [0.15, 0.2) is 121 Å². The van der Waals surface area contributed by atoms with Gasteiger partial charge in [0.15, 0.2) is 0 Å². The van der Waals surface area contributed by atoms with E-state index >= 15 is 0 Å². The summed E-state index contributed by atoms with van der Waals surface area (Å²) in [5.74, 6) is 0. The molecule has 0 unspecified atom stereocenters. The monoisotopic (exact) mass is 456 g/mol. The third-order valence-corrected chi connectivity index (χ3v) is 10.7. The van der Waals surface area contributed by atoms with E-state index in [0.717, 1.165) is 25.2 Å². The van der Waals surface area contributed by atoms with Crippen LogP contribution in [-0.4, -0.2) is 23.5 Å². The van der Waals surface area contributed by atoms with Crippen molar-refractivity contribution >= 4 is 37.1 Å². The van der Waals surface area contributed by atoms with E-state index < -0.39 is 15.8 Å². The summed E-state index contributed by atoms with van der Waals surface area (Å²) < 4.78 is 0. The normalized spacial score (nSPS) is 11.4. The molecule has 162 valence electrons. The molecule has 1 nitrogen and oxygen atoms in total.